The lowest BCUT2D eigenvalue weighted by Crippen LogP contribution is -2.48. The second kappa shape index (κ2) is 8.19. The normalized spacial score (nSPS) is 15.6. The molecule has 0 atom stereocenters. The third-order valence-electron chi connectivity index (χ3n) is 4.68. The van der Waals surface area contributed by atoms with Crippen LogP contribution < -0.4 is 14.4 Å². The van der Waals surface area contributed by atoms with Crippen LogP contribution in [0.15, 0.2) is 47.4 Å². The van der Waals surface area contributed by atoms with Crippen molar-refractivity contribution in [1.82, 2.24) is 4.31 Å². The molecule has 27 heavy (non-hydrogen) atoms. The summed E-state index contributed by atoms with van der Waals surface area (Å²) < 4.78 is 38.9. The van der Waals surface area contributed by atoms with Gasteiger partial charge in [-0.05, 0) is 43.7 Å². The van der Waals surface area contributed by atoms with Crippen molar-refractivity contribution in [2.75, 3.05) is 44.8 Å². The van der Waals surface area contributed by atoms with Crippen LogP contribution in [-0.4, -0.2) is 52.6 Å². The highest BCUT2D eigenvalue weighted by Crippen LogP contribution is 2.31. The number of para-hydroxylation sites is 2. The number of sulfonamides is 1. The fourth-order valence-corrected chi connectivity index (χ4v) is 4.93. The summed E-state index contributed by atoms with van der Waals surface area (Å²) in [6, 6.07) is 13.1. The van der Waals surface area contributed by atoms with E-state index in [2.05, 4.69) is 4.90 Å². The van der Waals surface area contributed by atoms with Crippen LogP contribution in [0.1, 0.15) is 12.5 Å². The van der Waals surface area contributed by atoms with Gasteiger partial charge in [0.1, 0.15) is 16.4 Å². The average molecular weight is 391 g/mol. The van der Waals surface area contributed by atoms with Crippen LogP contribution in [0, 0.1) is 6.92 Å². The molecule has 0 spiro atoms. The van der Waals surface area contributed by atoms with Gasteiger partial charge in [0.2, 0.25) is 10.0 Å². The number of benzene rings is 2. The van der Waals surface area contributed by atoms with Gasteiger partial charge in [0.25, 0.3) is 0 Å². The summed E-state index contributed by atoms with van der Waals surface area (Å²) in [5.74, 6) is 1.21. The molecule has 3 rings (SSSR count). The van der Waals surface area contributed by atoms with Crippen LogP contribution in [0.3, 0.4) is 0 Å². The smallest absolute Gasteiger partial charge is 0.246 e. The van der Waals surface area contributed by atoms with Gasteiger partial charge in [0.05, 0.1) is 19.4 Å². The Balaban J connectivity index is 1.80. The number of nitrogens with zero attached hydrogens (tertiary/aromatic N) is 2. The van der Waals surface area contributed by atoms with E-state index in [0.717, 1.165) is 17.0 Å². The molecule has 1 aliphatic rings. The third-order valence-corrected chi connectivity index (χ3v) is 6.60. The number of hydrogen-bond donors (Lipinski definition) is 0. The van der Waals surface area contributed by atoms with Gasteiger partial charge >= 0.3 is 0 Å². The molecule has 0 unspecified atom stereocenters. The predicted molar refractivity (Wildman–Crippen MR) is 106 cm³/mol. The molecule has 6 nitrogen and oxygen atoms in total. The lowest BCUT2D eigenvalue weighted by Gasteiger charge is -2.36. The molecule has 0 amide bonds. The van der Waals surface area contributed by atoms with Crippen LogP contribution in [0.2, 0.25) is 0 Å². The van der Waals surface area contributed by atoms with Gasteiger partial charge in [-0.3, -0.25) is 0 Å². The van der Waals surface area contributed by atoms with Gasteiger partial charge in [-0.2, -0.15) is 4.31 Å². The highest BCUT2D eigenvalue weighted by molar-refractivity contribution is 7.89. The van der Waals surface area contributed by atoms with Crippen molar-refractivity contribution < 1.29 is 17.9 Å². The molecule has 1 heterocycles. The molecule has 1 aliphatic heterocycles. The molecule has 7 heteroatoms. The zero-order valence-electron chi connectivity index (χ0n) is 16.0. The van der Waals surface area contributed by atoms with E-state index in [1.807, 2.05) is 44.2 Å². The minimum Gasteiger partial charge on any atom is -0.495 e. The molecule has 0 N–H and O–H groups in total. The van der Waals surface area contributed by atoms with Crippen molar-refractivity contribution in [3.8, 4) is 11.5 Å². The first kappa shape index (κ1) is 19.5. The van der Waals surface area contributed by atoms with Crippen LogP contribution in [0.25, 0.3) is 0 Å². The number of aryl methyl sites for hydroxylation is 1. The van der Waals surface area contributed by atoms with Crippen LogP contribution >= 0.6 is 0 Å². The second-order valence-corrected chi connectivity index (χ2v) is 8.35. The summed E-state index contributed by atoms with van der Waals surface area (Å²) in [6.07, 6.45) is 0. The van der Waals surface area contributed by atoms with Gasteiger partial charge in [-0.1, -0.05) is 18.2 Å². The first-order chi connectivity index (χ1) is 13.0. The zero-order chi connectivity index (χ0) is 19.4. The molecule has 0 saturated carbocycles. The summed E-state index contributed by atoms with van der Waals surface area (Å²) in [5, 5.41) is 0. The van der Waals surface area contributed by atoms with E-state index in [9.17, 15) is 8.42 Å². The Kier molecular flexibility index (Phi) is 5.92. The van der Waals surface area contributed by atoms with E-state index >= 15 is 0 Å². The van der Waals surface area contributed by atoms with Crippen molar-refractivity contribution in [2.24, 2.45) is 0 Å². The van der Waals surface area contributed by atoms with Crippen LogP contribution in [-0.2, 0) is 10.0 Å². The van der Waals surface area contributed by atoms with Crippen molar-refractivity contribution in [3.05, 3.63) is 48.0 Å². The predicted octanol–water partition coefficient (Wildman–Crippen LogP) is 2.91. The number of hydrogen-bond acceptors (Lipinski definition) is 5. The molecular weight excluding hydrogens is 364 g/mol. The summed E-state index contributed by atoms with van der Waals surface area (Å²) in [4.78, 5) is 2.40. The average Bonchev–Trinajstić information content (AvgIpc) is 2.69. The zero-order valence-corrected chi connectivity index (χ0v) is 16.8. The summed E-state index contributed by atoms with van der Waals surface area (Å²) in [5.41, 5.74) is 1.88. The van der Waals surface area contributed by atoms with E-state index in [1.54, 1.807) is 19.2 Å². The largest absolute Gasteiger partial charge is 0.495 e. The topological polar surface area (TPSA) is 59.1 Å². The van der Waals surface area contributed by atoms with E-state index in [0.29, 0.717) is 38.5 Å². The third kappa shape index (κ3) is 4.04. The van der Waals surface area contributed by atoms with Gasteiger partial charge in [-0.15, -0.1) is 0 Å². The summed E-state index contributed by atoms with van der Waals surface area (Å²) in [7, 11) is -1.96. The molecule has 0 bridgehead atoms. The molecule has 2 aromatic carbocycles. The van der Waals surface area contributed by atoms with Gasteiger partial charge in [-0.25, -0.2) is 8.42 Å². The highest BCUT2D eigenvalue weighted by atomic mass is 32.2. The molecule has 146 valence electrons. The maximum atomic E-state index is 13.2. The Morgan fingerprint density at radius 2 is 1.70 bits per heavy atom. The molecule has 0 radical (unpaired) electrons. The fourth-order valence-electron chi connectivity index (χ4n) is 3.29. The quantitative estimate of drug-likeness (QED) is 0.759. The molecular formula is C20H26N2O4S. The molecule has 1 saturated heterocycles. The number of methoxy groups -OCH3 is 1. The maximum Gasteiger partial charge on any atom is 0.246 e. The van der Waals surface area contributed by atoms with Crippen LogP contribution in [0.4, 0.5) is 5.69 Å². The minimum absolute atomic E-state index is 0.245. The van der Waals surface area contributed by atoms with E-state index < -0.39 is 10.0 Å². The van der Waals surface area contributed by atoms with Crippen molar-refractivity contribution in [3.63, 3.8) is 0 Å². The fraction of sp³-hybridized carbons (Fsp3) is 0.400. The Hall–Kier alpha value is -2.25. The Bertz CT molecular complexity index is 891. The minimum atomic E-state index is -3.61. The van der Waals surface area contributed by atoms with E-state index in [4.69, 9.17) is 9.47 Å². The first-order valence-electron chi connectivity index (χ1n) is 9.09. The Morgan fingerprint density at radius 3 is 2.37 bits per heavy atom. The monoisotopic (exact) mass is 390 g/mol. The molecule has 2 aromatic rings. The van der Waals surface area contributed by atoms with Gasteiger partial charge < -0.3 is 14.4 Å². The molecule has 1 fully saturated rings. The molecule has 0 aliphatic carbocycles. The first-order valence-corrected chi connectivity index (χ1v) is 10.5. The molecule has 0 aromatic heterocycles. The number of anilines is 1. The van der Waals surface area contributed by atoms with Crippen molar-refractivity contribution >= 4 is 15.7 Å². The van der Waals surface area contributed by atoms with E-state index in [1.165, 1.54) is 4.31 Å². The maximum absolute atomic E-state index is 13.2. The Labute approximate surface area is 161 Å². The SMILES string of the molecule is CCOc1ccc(C)cc1S(=O)(=O)N1CCN(c2ccccc2OC)CC1. The number of ether oxygens (including phenoxy) is 2. The second-order valence-electron chi connectivity index (χ2n) is 6.45. The van der Waals surface area contributed by atoms with E-state index in [-0.39, 0.29) is 4.90 Å². The van der Waals surface area contributed by atoms with Crippen molar-refractivity contribution in [2.45, 2.75) is 18.7 Å². The summed E-state index contributed by atoms with van der Waals surface area (Å²) in [6.45, 7) is 6.20. The van der Waals surface area contributed by atoms with Gasteiger partial charge in [0, 0.05) is 26.2 Å². The lowest BCUT2D eigenvalue weighted by atomic mass is 10.2. The summed E-state index contributed by atoms with van der Waals surface area (Å²) >= 11 is 0. The van der Waals surface area contributed by atoms with Gasteiger partial charge in [0.15, 0.2) is 0 Å². The number of rotatable bonds is 6. The van der Waals surface area contributed by atoms with Crippen LogP contribution in [0.5, 0.6) is 11.5 Å². The van der Waals surface area contributed by atoms with Crippen molar-refractivity contribution in [1.29, 1.82) is 0 Å². The Morgan fingerprint density at radius 1 is 1.00 bits per heavy atom. The highest BCUT2D eigenvalue weighted by Gasteiger charge is 2.31. The lowest BCUT2D eigenvalue weighted by molar-refractivity contribution is 0.327. The number of piperazine rings is 1. The standard InChI is InChI=1S/C20H26N2O4S/c1-4-26-19-10-9-16(2)15-20(19)27(23,24)22-13-11-21(12-14-22)17-7-5-6-8-18(17)25-3/h5-10,15H,4,11-14H2,1-3H3.